The van der Waals surface area contributed by atoms with Crippen molar-refractivity contribution in [3.63, 3.8) is 0 Å². The molecule has 1 aromatic heterocycles. The summed E-state index contributed by atoms with van der Waals surface area (Å²) >= 11 is 0. The molecule has 0 atom stereocenters. The Bertz CT molecular complexity index is 1200. The Kier molecular flexibility index (Phi) is 4.07. The summed E-state index contributed by atoms with van der Waals surface area (Å²) in [6, 6.07) is 16.1. The molecular formula is C21H18N4O3. The van der Waals surface area contributed by atoms with Crippen molar-refractivity contribution in [2.24, 2.45) is 12.0 Å². The first-order valence-electron chi connectivity index (χ1n) is 8.79. The molecule has 7 nitrogen and oxygen atoms in total. The smallest absolute Gasteiger partial charge is 0.283 e. The highest BCUT2D eigenvalue weighted by Crippen LogP contribution is 2.31. The number of aliphatic imine (C=N–C) groups is 1. The zero-order valence-corrected chi connectivity index (χ0v) is 15.7. The number of carbonyl (C=O) groups is 2. The quantitative estimate of drug-likeness (QED) is 0.692. The molecule has 28 heavy (non-hydrogen) atoms. The minimum atomic E-state index is -0.525. The molecule has 0 N–H and O–H groups in total. The number of amides is 2. The molecule has 1 aliphatic heterocycles. The van der Waals surface area contributed by atoms with Crippen molar-refractivity contribution < 1.29 is 9.59 Å². The molecule has 4 rings (SSSR count). The van der Waals surface area contributed by atoms with Gasteiger partial charge in [0.1, 0.15) is 5.71 Å². The van der Waals surface area contributed by atoms with Gasteiger partial charge in [-0.2, -0.15) is 0 Å². The van der Waals surface area contributed by atoms with Crippen LogP contribution in [0.3, 0.4) is 0 Å². The van der Waals surface area contributed by atoms with E-state index in [1.807, 2.05) is 30.3 Å². The van der Waals surface area contributed by atoms with Gasteiger partial charge in [-0.3, -0.25) is 19.1 Å². The first-order chi connectivity index (χ1) is 13.4. The molecule has 140 valence electrons. The number of aromatic nitrogens is 2. The number of benzene rings is 2. The maximum absolute atomic E-state index is 13.1. The lowest BCUT2D eigenvalue weighted by Crippen LogP contribution is -2.34. The van der Waals surface area contributed by atoms with E-state index >= 15 is 0 Å². The fourth-order valence-electron chi connectivity index (χ4n) is 3.41. The van der Waals surface area contributed by atoms with Gasteiger partial charge in [0.2, 0.25) is 5.91 Å². The van der Waals surface area contributed by atoms with Gasteiger partial charge in [-0.25, -0.2) is 14.6 Å². The summed E-state index contributed by atoms with van der Waals surface area (Å²) in [7, 11) is 1.76. The summed E-state index contributed by atoms with van der Waals surface area (Å²) in [6.45, 7) is 3.10. The Morgan fingerprint density at radius 1 is 0.964 bits per heavy atom. The molecule has 0 radical (unpaired) electrons. The predicted molar refractivity (Wildman–Crippen MR) is 107 cm³/mol. The number of fused-ring (bicyclic) bond motifs is 1. The van der Waals surface area contributed by atoms with Crippen LogP contribution in [0, 0.1) is 6.92 Å². The molecule has 0 saturated heterocycles. The van der Waals surface area contributed by atoms with E-state index in [0.29, 0.717) is 22.6 Å². The number of hydrogen-bond donors (Lipinski definition) is 0. The van der Waals surface area contributed by atoms with Crippen LogP contribution in [-0.2, 0) is 16.6 Å². The van der Waals surface area contributed by atoms with Crippen LogP contribution in [0.2, 0.25) is 0 Å². The number of carbonyl (C=O) groups excluding carboxylic acids is 2. The van der Waals surface area contributed by atoms with Crippen molar-refractivity contribution in [3.05, 3.63) is 76.2 Å². The maximum atomic E-state index is 13.1. The van der Waals surface area contributed by atoms with Gasteiger partial charge in [0.15, 0.2) is 5.69 Å². The van der Waals surface area contributed by atoms with Crippen molar-refractivity contribution in [3.8, 4) is 5.69 Å². The Balaban J connectivity index is 1.93. The SMILES string of the molecule is CC(=O)N1C(=O)C(=Nc2c(C)n(C)n(-c3ccccc3)c2=O)c2ccccc21. The van der Waals surface area contributed by atoms with E-state index in [2.05, 4.69) is 4.99 Å². The summed E-state index contributed by atoms with van der Waals surface area (Å²) in [4.78, 5) is 43.4. The van der Waals surface area contributed by atoms with Crippen LogP contribution in [-0.4, -0.2) is 26.9 Å². The van der Waals surface area contributed by atoms with E-state index in [4.69, 9.17) is 0 Å². The maximum Gasteiger partial charge on any atom is 0.297 e. The number of hydrogen-bond acceptors (Lipinski definition) is 4. The molecule has 3 aromatic rings. The molecule has 0 bridgehead atoms. The number of para-hydroxylation sites is 2. The van der Waals surface area contributed by atoms with Crippen LogP contribution < -0.4 is 10.5 Å². The highest BCUT2D eigenvalue weighted by Gasteiger charge is 2.36. The van der Waals surface area contributed by atoms with Crippen LogP contribution in [0.4, 0.5) is 11.4 Å². The molecule has 0 fully saturated rings. The normalized spacial score (nSPS) is 14.6. The molecule has 0 unspecified atom stereocenters. The lowest BCUT2D eigenvalue weighted by Gasteiger charge is -2.10. The lowest BCUT2D eigenvalue weighted by molar-refractivity contribution is -0.121. The largest absolute Gasteiger partial charge is 0.297 e. The standard InChI is InChI=1S/C21H18N4O3/c1-13-18(21(28)25(23(13)3)15-9-5-4-6-10-15)22-19-16-11-7-8-12-17(16)24(14(2)26)20(19)27/h4-12H,1-3H3. The topological polar surface area (TPSA) is 76.7 Å². The van der Waals surface area contributed by atoms with Crippen LogP contribution in [0.15, 0.2) is 64.4 Å². The molecular weight excluding hydrogens is 356 g/mol. The average Bonchev–Trinajstić information content (AvgIpc) is 3.08. The molecule has 1 aliphatic rings. The third kappa shape index (κ3) is 2.51. The second-order valence-corrected chi connectivity index (χ2v) is 6.55. The number of rotatable bonds is 2. The van der Waals surface area contributed by atoms with Gasteiger partial charge in [0, 0.05) is 19.5 Å². The Labute approximate surface area is 161 Å². The van der Waals surface area contributed by atoms with Crippen LogP contribution in [0.1, 0.15) is 18.2 Å². The zero-order valence-electron chi connectivity index (χ0n) is 15.7. The molecule has 0 spiro atoms. The Morgan fingerprint density at radius 2 is 1.61 bits per heavy atom. The first-order valence-corrected chi connectivity index (χ1v) is 8.79. The van der Waals surface area contributed by atoms with E-state index in [1.54, 1.807) is 42.9 Å². The van der Waals surface area contributed by atoms with Gasteiger partial charge in [-0.05, 0) is 25.1 Å². The van der Waals surface area contributed by atoms with Gasteiger partial charge in [-0.1, -0.05) is 36.4 Å². The molecule has 7 heteroatoms. The number of imide groups is 1. The van der Waals surface area contributed by atoms with E-state index in [0.717, 1.165) is 4.90 Å². The van der Waals surface area contributed by atoms with Crippen molar-refractivity contribution in [2.75, 3.05) is 4.90 Å². The molecule has 0 saturated carbocycles. The predicted octanol–water partition coefficient (Wildman–Crippen LogP) is 2.50. The fraction of sp³-hybridized carbons (Fsp3) is 0.143. The van der Waals surface area contributed by atoms with Gasteiger partial charge >= 0.3 is 0 Å². The van der Waals surface area contributed by atoms with Crippen LogP contribution >= 0.6 is 0 Å². The van der Waals surface area contributed by atoms with Gasteiger partial charge in [0.05, 0.1) is 17.1 Å². The summed E-state index contributed by atoms with van der Waals surface area (Å²) in [5, 5.41) is 0. The highest BCUT2D eigenvalue weighted by molar-refractivity contribution is 6.58. The van der Waals surface area contributed by atoms with Crippen LogP contribution in [0.25, 0.3) is 5.69 Å². The Hall–Kier alpha value is -3.74. The molecule has 0 aliphatic carbocycles. The molecule has 2 amide bonds. The third-order valence-corrected chi connectivity index (χ3v) is 4.87. The summed E-state index contributed by atoms with van der Waals surface area (Å²) < 4.78 is 3.20. The summed E-state index contributed by atoms with van der Waals surface area (Å²) in [5.74, 6) is -0.920. The van der Waals surface area contributed by atoms with Gasteiger partial charge in [0.25, 0.3) is 11.5 Å². The zero-order chi connectivity index (χ0) is 20.0. The highest BCUT2D eigenvalue weighted by atomic mass is 16.2. The summed E-state index contributed by atoms with van der Waals surface area (Å²) in [6.07, 6.45) is 0. The Morgan fingerprint density at radius 3 is 2.29 bits per heavy atom. The van der Waals surface area contributed by atoms with Crippen molar-refractivity contribution >= 4 is 28.9 Å². The number of nitrogens with zero attached hydrogens (tertiary/aromatic N) is 4. The van der Waals surface area contributed by atoms with E-state index in [1.165, 1.54) is 11.6 Å². The second-order valence-electron chi connectivity index (χ2n) is 6.55. The first kappa shape index (κ1) is 17.7. The van der Waals surface area contributed by atoms with E-state index < -0.39 is 11.8 Å². The fourth-order valence-corrected chi connectivity index (χ4v) is 3.41. The van der Waals surface area contributed by atoms with Crippen molar-refractivity contribution in [1.82, 2.24) is 9.36 Å². The van der Waals surface area contributed by atoms with Crippen molar-refractivity contribution in [2.45, 2.75) is 13.8 Å². The minimum Gasteiger partial charge on any atom is -0.283 e. The monoisotopic (exact) mass is 374 g/mol. The number of anilines is 1. The minimum absolute atomic E-state index is 0.0943. The summed E-state index contributed by atoms with van der Waals surface area (Å²) in [5.41, 5.74) is 2.28. The lowest BCUT2D eigenvalue weighted by atomic mass is 10.1. The van der Waals surface area contributed by atoms with E-state index in [-0.39, 0.29) is 17.0 Å². The second kappa shape index (κ2) is 6.45. The van der Waals surface area contributed by atoms with Crippen LogP contribution in [0.5, 0.6) is 0 Å². The third-order valence-electron chi connectivity index (χ3n) is 4.87. The van der Waals surface area contributed by atoms with Crippen molar-refractivity contribution in [1.29, 1.82) is 0 Å². The van der Waals surface area contributed by atoms with E-state index in [9.17, 15) is 14.4 Å². The molecule has 2 heterocycles. The molecule has 2 aromatic carbocycles. The van der Waals surface area contributed by atoms with Gasteiger partial charge in [-0.15, -0.1) is 0 Å². The average molecular weight is 374 g/mol. The van der Waals surface area contributed by atoms with Gasteiger partial charge < -0.3 is 0 Å².